The number of aliphatic hydroxyl groups excluding tert-OH is 1. The molecule has 1 aromatic rings. The van der Waals surface area contributed by atoms with E-state index in [0.717, 1.165) is 5.56 Å². The monoisotopic (exact) mass is 249 g/mol. The van der Waals surface area contributed by atoms with Crippen LogP contribution in [0.5, 0.6) is 0 Å². The predicted octanol–water partition coefficient (Wildman–Crippen LogP) is 1.43. The number of rotatable bonds is 6. The van der Waals surface area contributed by atoms with Crippen molar-refractivity contribution < 1.29 is 14.6 Å². The summed E-state index contributed by atoms with van der Waals surface area (Å²) in [5, 5.41) is 9.08. The molecule has 0 saturated heterocycles. The van der Waals surface area contributed by atoms with Crippen molar-refractivity contribution in [2.24, 2.45) is 0 Å². The first-order valence-electron chi connectivity index (χ1n) is 6.27. The van der Waals surface area contributed by atoms with Crippen LogP contribution < -0.4 is 0 Å². The number of hydrogen-bond acceptors (Lipinski definition) is 4. The van der Waals surface area contributed by atoms with E-state index in [9.17, 15) is 4.79 Å². The van der Waals surface area contributed by atoms with Crippen LogP contribution >= 0.6 is 0 Å². The quantitative estimate of drug-likeness (QED) is 0.775. The van der Waals surface area contributed by atoms with Crippen molar-refractivity contribution in [3.63, 3.8) is 0 Å². The van der Waals surface area contributed by atoms with Gasteiger partial charge in [0.15, 0.2) is 0 Å². The molecule has 1 fully saturated rings. The SMILES string of the molecule is COC(=O)c1ccccc1CN(CCO)C1CC1. The van der Waals surface area contributed by atoms with E-state index >= 15 is 0 Å². The van der Waals surface area contributed by atoms with Gasteiger partial charge in [0.2, 0.25) is 0 Å². The lowest BCUT2D eigenvalue weighted by Gasteiger charge is -2.21. The molecule has 0 spiro atoms. The second-order valence-corrected chi connectivity index (χ2v) is 4.57. The van der Waals surface area contributed by atoms with Crippen LogP contribution in [0, 0.1) is 0 Å². The highest BCUT2D eigenvalue weighted by molar-refractivity contribution is 5.90. The van der Waals surface area contributed by atoms with Crippen LogP contribution in [0.1, 0.15) is 28.8 Å². The van der Waals surface area contributed by atoms with Crippen LogP contribution in [0.2, 0.25) is 0 Å². The molecule has 0 atom stereocenters. The summed E-state index contributed by atoms with van der Waals surface area (Å²) in [4.78, 5) is 13.9. The third-order valence-corrected chi connectivity index (χ3v) is 3.25. The summed E-state index contributed by atoms with van der Waals surface area (Å²) in [6, 6.07) is 8.04. The first kappa shape index (κ1) is 13.1. The van der Waals surface area contributed by atoms with Gasteiger partial charge in [-0.1, -0.05) is 18.2 Å². The second-order valence-electron chi connectivity index (χ2n) is 4.57. The van der Waals surface area contributed by atoms with E-state index in [2.05, 4.69) is 4.90 Å². The number of nitrogens with zero attached hydrogens (tertiary/aromatic N) is 1. The van der Waals surface area contributed by atoms with Crippen molar-refractivity contribution >= 4 is 5.97 Å². The molecule has 4 nitrogen and oxygen atoms in total. The molecule has 1 N–H and O–H groups in total. The summed E-state index contributed by atoms with van der Waals surface area (Å²) in [7, 11) is 1.39. The van der Waals surface area contributed by atoms with Gasteiger partial charge in [0.05, 0.1) is 19.3 Å². The van der Waals surface area contributed by atoms with Gasteiger partial charge in [-0.2, -0.15) is 0 Å². The van der Waals surface area contributed by atoms with E-state index in [0.29, 0.717) is 24.7 Å². The lowest BCUT2D eigenvalue weighted by atomic mass is 10.1. The first-order valence-corrected chi connectivity index (χ1v) is 6.27. The maximum Gasteiger partial charge on any atom is 0.338 e. The zero-order valence-corrected chi connectivity index (χ0v) is 10.6. The molecule has 0 bridgehead atoms. The smallest absolute Gasteiger partial charge is 0.338 e. The van der Waals surface area contributed by atoms with Crippen LogP contribution in [0.15, 0.2) is 24.3 Å². The van der Waals surface area contributed by atoms with Crippen molar-refractivity contribution in [3.8, 4) is 0 Å². The summed E-state index contributed by atoms with van der Waals surface area (Å²) in [5.74, 6) is -0.301. The van der Waals surface area contributed by atoms with E-state index in [1.54, 1.807) is 6.07 Å². The van der Waals surface area contributed by atoms with E-state index in [1.807, 2.05) is 18.2 Å². The standard InChI is InChI=1S/C14H19NO3/c1-18-14(17)13-5-3-2-4-11(13)10-15(8-9-16)12-6-7-12/h2-5,12,16H,6-10H2,1H3. The zero-order valence-electron chi connectivity index (χ0n) is 10.6. The molecule has 0 radical (unpaired) electrons. The fourth-order valence-electron chi connectivity index (χ4n) is 2.14. The Balaban J connectivity index is 2.13. The molecule has 1 aromatic carbocycles. The van der Waals surface area contributed by atoms with Crippen LogP contribution in [0.25, 0.3) is 0 Å². The zero-order chi connectivity index (χ0) is 13.0. The highest BCUT2D eigenvalue weighted by atomic mass is 16.5. The number of aliphatic hydroxyl groups is 1. The highest BCUT2D eigenvalue weighted by Gasteiger charge is 2.29. The molecular weight excluding hydrogens is 230 g/mol. The van der Waals surface area contributed by atoms with E-state index < -0.39 is 0 Å². The number of esters is 1. The maximum atomic E-state index is 11.7. The minimum Gasteiger partial charge on any atom is -0.465 e. The topological polar surface area (TPSA) is 49.8 Å². The van der Waals surface area contributed by atoms with Crippen molar-refractivity contribution in [2.75, 3.05) is 20.3 Å². The fraction of sp³-hybridized carbons (Fsp3) is 0.500. The third-order valence-electron chi connectivity index (χ3n) is 3.25. The molecule has 4 heteroatoms. The molecule has 0 heterocycles. The minimum absolute atomic E-state index is 0.150. The molecule has 98 valence electrons. The molecule has 1 saturated carbocycles. The van der Waals surface area contributed by atoms with Gasteiger partial charge in [-0.3, -0.25) is 4.90 Å². The molecule has 0 aliphatic heterocycles. The number of hydrogen-bond donors (Lipinski definition) is 1. The maximum absolute atomic E-state index is 11.7. The van der Waals surface area contributed by atoms with Crippen LogP contribution in [0.3, 0.4) is 0 Å². The number of ether oxygens (including phenoxy) is 1. The highest BCUT2D eigenvalue weighted by Crippen LogP contribution is 2.28. The average Bonchev–Trinajstić information content (AvgIpc) is 3.22. The Labute approximate surface area is 107 Å². The summed E-state index contributed by atoms with van der Waals surface area (Å²) in [6.07, 6.45) is 2.36. The molecule has 1 aliphatic carbocycles. The summed E-state index contributed by atoms with van der Waals surface area (Å²) < 4.78 is 4.79. The Morgan fingerprint density at radius 2 is 2.17 bits per heavy atom. The molecule has 18 heavy (non-hydrogen) atoms. The van der Waals surface area contributed by atoms with Gasteiger partial charge in [-0.15, -0.1) is 0 Å². The summed E-state index contributed by atoms with van der Waals surface area (Å²) >= 11 is 0. The average molecular weight is 249 g/mol. The number of carbonyl (C=O) groups excluding carboxylic acids is 1. The Morgan fingerprint density at radius 3 is 2.78 bits per heavy atom. The molecule has 0 amide bonds. The molecule has 0 unspecified atom stereocenters. The molecule has 1 aliphatic rings. The van der Waals surface area contributed by atoms with Crippen LogP contribution in [-0.2, 0) is 11.3 Å². The fourth-order valence-corrected chi connectivity index (χ4v) is 2.14. The van der Waals surface area contributed by atoms with Gasteiger partial charge in [0.1, 0.15) is 0 Å². The molecule has 0 aromatic heterocycles. The van der Waals surface area contributed by atoms with Gasteiger partial charge in [-0.25, -0.2) is 4.79 Å². The van der Waals surface area contributed by atoms with Gasteiger partial charge >= 0.3 is 5.97 Å². The van der Waals surface area contributed by atoms with Gasteiger partial charge < -0.3 is 9.84 Å². The van der Waals surface area contributed by atoms with Crippen LogP contribution in [-0.4, -0.2) is 42.3 Å². The number of carbonyl (C=O) groups is 1. The number of methoxy groups -OCH3 is 1. The normalized spacial score (nSPS) is 14.8. The third kappa shape index (κ3) is 3.09. The van der Waals surface area contributed by atoms with Gasteiger partial charge in [0.25, 0.3) is 0 Å². The predicted molar refractivity (Wildman–Crippen MR) is 68.3 cm³/mol. The Hall–Kier alpha value is -1.39. The van der Waals surface area contributed by atoms with Crippen molar-refractivity contribution in [1.82, 2.24) is 4.90 Å². The van der Waals surface area contributed by atoms with Crippen molar-refractivity contribution in [3.05, 3.63) is 35.4 Å². The van der Waals surface area contributed by atoms with Gasteiger partial charge in [0, 0.05) is 19.1 Å². The largest absolute Gasteiger partial charge is 0.465 e. The summed E-state index contributed by atoms with van der Waals surface area (Å²) in [6.45, 7) is 1.49. The minimum atomic E-state index is -0.301. The second kappa shape index (κ2) is 5.98. The van der Waals surface area contributed by atoms with E-state index in [1.165, 1.54) is 20.0 Å². The first-order chi connectivity index (χ1) is 8.76. The molecule has 2 rings (SSSR count). The number of benzene rings is 1. The summed E-state index contributed by atoms with van der Waals surface area (Å²) in [5.41, 5.74) is 1.58. The van der Waals surface area contributed by atoms with E-state index in [-0.39, 0.29) is 12.6 Å². The van der Waals surface area contributed by atoms with Crippen LogP contribution in [0.4, 0.5) is 0 Å². The van der Waals surface area contributed by atoms with Crippen molar-refractivity contribution in [2.45, 2.75) is 25.4 Å². The van der Waals surface area contributed by atoms with E-state index in [4.69, 9.17) is 9.84 Å². The Bertz CT molecular complexity index is 415. The Kier molecular flexibility index (Phi) is 4.33. The van der Waals surface area contributed by atoms with Crippen molar-refractivity contribution in [1.29, 1.82) is 0 Å². The Morgan fingerprint density at radius 1 is 1.44 bits per heavy atom. The lowest BCUT2D eigenvalue weighted by molar-refractivity contribution is 0.0598. The van der Waals surface area contributed by atoms with Gasteiger partial charge in [-0.05, 0) is 24.5 Å². The lowest BCUT2D eigenvalue weighted by Crippen LogP contribution is -2.29. The molecular formula is C14H19NO3.